The van der Waals surface area contributed by atoms with Crippen molar-refractivity contribution in [2.75, 3.05) is 13.2 Å². The summed E-state index contributed by atoms with van der Waals surface area (Å²) in [5, 5.41) is 0. The third-order valence-corrected chi connectivity index (χ3v) is 5.11. The summed E-state index contributed by atoms with van der Waals surface area (Å²) in [5.74, 6) is 12.4. The van der Waals surface area contributed by atoms with Crippen molar-refractivity contribution in [2.24, 2.45) is 23.7 Å². The van der Waals surface area contributed by atoms with Crippen LogP contribution < -0.4 is 0 Å². The summed E-state index contributed by atoms with van der Waals surface area (Å²) in [6.07, 6.45) is 5.59. The van der Waals surface area contributed by atoms with Gasteiger partial charge in [0.15, 0.2) is 11.6 Å². The monoisotopic (exact) mass is 378 g/mol. The molecule has 0 saturated heterocycles. The molecular formula is C20H27O5P. The maximum Gasteiger partial charge on any atom is 0.319 e. The first-order valence-electron chi connectivity index (χ1n) is 9.27. The Morgan fingerprint density at radius 1 is 0.885 bits per heavy atom. The van der Waals surface area contributed by atoms with Crippen molar-refractivity contribution in [1.82, 2.24) is 0 Å². The van der Waals surface area contributed by atoms with E-state index >= 15 is 0 Å². The van der Waals surface area contributed by atoms with E-state index in [0.717, 1.165) is 25.7 Å². The predicted molar refractivity (Wildman–Crippen MR) is 99.5 cm³/mol. The van der Waals surface area contributed by atoms with Gasteiger partial charge in [-0.3, -0.25) is 14.2 Å². The lowest BCUT2D eigenvalue weighted by atomic mass is 10.0. The van der Waals surface area contributed by atoms with Gasteiger partial charge in [0, 0.05) is 36.5 Å². The molecule has 2 fully saturated rings. The van der Waals surface area contributed by atoms with Crippen LogP contribution in [0.15, 0.2) is 0 Å². The quantitative estimate of drug-likeness (QED) is 0.430. The highest BCUT2D eigenvalue weighted by Gasteiger charge is 2.20. The normalized spacial score (nSPS) is 18.3. The summed E-state index contributed by atoms with van der Waals surface area (Å²) in [5.41, 5.74) is 0. The van der Waals surface area contributed by atoms with Crippen LogP contribution in [0.25, 0.3) is 0 Å². The summed E-state index contributed by atoms with van der Waals surface area (Å²) < 4.78 is 21.6. The molecule has 26 heavy (non-hydrogen) atoms. The Kier molecular flexibility index (Phi) is 8.60. The number of ketones is 2. The van der Waals surface area contributed by atoms with Crippen LogP contribution in [0, 0.1) is 47.4 Å². The van der Waals surface area contributed by atoms with E-state index in [1.807, 2.05) is 0 Å². The second kappa shape index (κ2) is 10.7. The molecule has 0 aromatic heterocycles. The standard InChI is InChI=1S/C20H27O5P/c1-15(5-3-7-17-9-10-17)19(21)13-24-26(23)25-14-20(22)16(2)6-4-8-18-11-12-18/h15-18,26H,5-6,9-14H2,1-2H3/t15-,16-/m0/s1. The molecule has 0 radical (unpaired) electrons. The van der Waals surface area contributed by atoms with Crippen LogP contribution in [0.5, 0.6) is 0 Å². The van der Waals surface area contributed by atoms with Crippen molar-refractivity contribution in [3.8, 4) is 23.7 Å². The third kappa shape index (κ3) is 8.81. The molecule has 2 atom stereocenters. The minimum absolute atomic E-state index is 0.160. The zero-order chi connectivity index (χ0) is 18.9. The molecule has 2 rings (SSSR count). The van der Waals surface area contributed by atoms with Gasteiger partial charge in [-0.2, -0.15) is 0 Å². The fraction of sp³-hybridized carbons (Fsp3) is 0.700. The summed E-state index contributed by atoms with van der Waals surface area (Å²) in [4.78, 5) is 23.8. The second-order valence-corrected chi connectivity index (χ2v) is 8.24. The van der Waals surface area contributed by atoms with E-state index < -0.39 is 8.25 Å². The van der Waals surface area contributed by atoms with Crippen molar-refractivity contribution in [3.05, 3.63) is 0 Å². The highest BCUT2D eigenvalue weighted by molar-refractivity contribution is 7.33. The molecule has 2 aliphatic carbocycles. The smallest absolute Gasteiger partial charge is 0.303 e. The van der Waals surface area contributed by atoms with Gasteiger partial charge in [0.25, 0.3) is 0 Å². The molecule has 0 amide bonds. The Morgan fingerprint density at radius 3 is 1.62 bits per heavy atom. The van der Waals surface area contributed by atoms with Gasteiger partial charge in [0.2, 0.25) is 0 Å². The first kappa shape index (κ1) is 20.9. The summed E-state index contributed by atoms with van der Waals surface area (Å²) in [7, 11) is -2.86. The van der Waals surface area contributed by atoms with Gasteiger partial charge in [-0.1, -0.05) is 25.7 Å². The van der Waals surface area contributed by atoms with Gasteiger partial charge in [-0.15, -0.1) is 11.8 Å². The summed E-state index contributed by atoms with van der Waals surface area (Å²) >= 11 is 0. The molecule has 0 heterocycles. The highest BCUT2D eigenvalue weighted by atomic mass is 31.1. The van der Waals surface area contributed by atoms with Crippen LogP contribution in [-0.4, -0.2) is 24.8 Å². The lowest BCUT2D eigenvalue weighted by Gasteiger charge is -2.09. The number of carbonyl (C=O) groups is 2. The van der Waals surface area contributed by atoms with Crippen molar-refractivity contribution < 1.29 is 23.2 Å². The van der Waals surface area contributed by atoms with Crippen LogP contribution in [0.1, 0.15) is 52.4 Å². The van der Waals surface area contributed by atoms with Gasteiger partial charge in [0.05, 0.1) is 0 Å². The number of carbonyl (C=O) groups excluding carboxylic acids is 2. The molecule has 0 aliphatic heterocycles. The van der Waals surface area contributed by atoms with Crippen molar-refractivity contribution >= 4 is 19.8 Å². The largest absolute Gasteiger partial charge is 0.319 e. The summed E-state index contributed by atoms with van der Waals surface area (Å²) in [6, 6.07) is 0. The number of hydrogen-bond donors (Lipinski definition) is 0. The molecule has 2 aliphatic rings. The average Bonchev–Trinajstić information content (AvgIpc) is 3.52. The Balaban J connectivity index is 1.57. The van der Waals surface area contributed by atoms with Gasteiger partial charge in [-0.25, -0.2) is 0 Å². The number of hydrogen-bond acceptors (Lipinski definition) is 5. The number of Topliss-reactive ketones (excluding diaryl/α,β-unsaturated/α-hetero) is 2. The molecule has 142 valence electrons. The maximum atomic E-state index is 11.9. The molecule has 0 bridgehead atoms. The topological polar surface area (TPSA) is 69.7 Å². The molecule has 2 saturated carbocycles. The van der Waals surface area contributed by atoms with E-state index in [-0.39, 0.29) is 36.6 Å². The van der Waals surface area contributed by atoms with Gasteiger partial charge >= 0.3 is 8.25 Å². The van der Waals surface area contributed by atoms with Gasteiger partial charge in [-0.05, 0) is 25.7 Å². The minimum atomic E-state index is -2.86. The van der Waals surface area contributed by atoms with Crippen molar-refractivity contribution in [2.45, 2.75) is 52.4 Å². The first-order chi connectivity index (χ1) is 12.5. The van der Waals surface area contributed by atoms with E-state index in [0.29, 0.717) is 24.7 Å². The highest BCUT2D eigenvalue weighted by Crippen LogP contribution is 2.28. The SMILES string of the molecule is C[C@@H](CC#CC1CC1)C(=O)CO[PH](=O)OCC(=O)[C@@H](C)CC#CC1CC1. The fourth-order valence-electron chi connectivity index (χ4n) is 1.98. The van der Waals surface area contributed by atoms with Gasteiger partial charge in [0.1, 0.15) is 13.2 Å². The molecule has 0 aromatic carbocycles. The molecule has 0 unspecified atom stereocenters. The van der Waals surface area contributed by atoms with Crippen LogP contribution in [0.4, 0.5) is 0 Å². The Hall–Kier alpha value is -1.39. The number of rotatable bonds is 10. The minimum Gasteiger partial charge on any atom is -0.303 e. The van der Waals surface area contributed by atoms with Gasteiger partial charge < -0.3 is 9.05 Å². The molecule has 6 heteroatoms. The van der Waals surface area contributed by atoms with E-state index in [4.69, 9.17) is 9.05 Å². The Morgan fingerprint density at radius 2 is 1.27 bits per heavy atom. The molecule has 0 N–H and O–H groups in total. The predicted octanol–water partition coefficient (Wildman–Crippen LogP) is 3.43. The van der Waals surface area contributed by atoms with E-state index in [9.17, 15) is 14.2 Å². The second-order valence-electron chi connectivity index (χ2n) is 7.16. The first-order valence-corrected chi connectivity index (χ1v) is 10.5. The van der Waals surface area contributed by atoms with Crippen LogP contribution in [0.3, 0.4) is 0 Å². The van der Waals surface area contributed by atoms with Crippen LogP contribution >= 0.6 is 8.25 Å². The van der Waals surface area contributed by atoms with E-state index in [1.165, 1.54) is 0 Å². The van der Waals surface area contributed by atoms with Crippen molar-refractivity contribution in [3.63, 3.8) is 0 Å². The zero-order valence-corrected chi connectivity index (χ0v) is 16.5. The third-order valence-electron chi connectivity index (χ3n) is 4.35. The Bertz CT molecular complexity index is 599. The average molecular weight is 378 g/mol. The molecular weight excluding hydrogens is 351 g/mol. The van der Waals surface area contributed by atoms with Crippen LogP contribution in [0.2, 0.25) is 0 Å². The molecule has 0 aromatic rings. The fourth-order valence-corrected chi connectivity index (χ4v) is 2.59. The van der Waals surface area contributed by atoms with Crippen molar-refractivity contribution in [1.29, 1.82) is 0 Å². The zero-order valence-electron chi connectivity index (χ0n) is 15.5. The lowest BCUT2D eigenvalue weighted by Crippen LogP contribution is -2.17. The van der Waals surface area contributed by atoms with Crippen LogP contribution in [-0.2, 0) is 23.2 Å². The summed E-state index contributed by atoms with van der Waals surface area (Å²) in [6.45, 7) is 3.00. The van der Waals surface area contributed by atoms with E-state index in [1.54, 1.807) is 13.8 Å². The molecule has 5 nitrogen and oxygen atoms in total. The Labute approximate surface area is 156 Å². The van der Waals surface area contributed by atoms with E-state index in [2.05, 4.69) is 23.7 Å². The molecule has 0 spiro atoms. The lowest BCUT2D eigenvalue weighted by molar-refractivity contribution is -0.124. The maximum absolute atomic E-state index is 11.9.